The molecule has 0 aromatic heterocycles. The number of esters is 1. The standard InChI is InChI=1S/C20H23ClO4/c1-3-24-19(20(22)23-2)14-16-6-10-18(11-7-16)25-13-12-15-4-8-17(21)9-5-15/h4-11,19H,3,12-14H2,1-2H3. The summed E-state index contributed by atoms with van der Waals surface area (Å²) in [6, 6.07) is 15.4. The van der Waals surface area contributed by atoms with E-state index in [-0.39, 0.29) is 5.97 Å². The third-order valence-electron chi connectivity index (χ3n) is 3.75. The van der Waals surface area contributed by atoms with Gasteiger partial charge in [0, 0.05) is 24.5 Å². The summed E-state index contributed by atoms with van der Waals surface area (Å²) in [6.45, 7) is 2.91. The molecule has 4 nitrogen and oxygen atoms in total. The molecule has 0 fully saturated rings. The number of carbonyl (C=O) groups excluding carboxylic acids is 1. The lowest BCUT2D eigenvalue weighted by atomic mass is 10.1. The number of hydrogen-bond donors (Lipinski definition) is 0. The maximum Gasteiger partial charge on any atom is 0.335 e. The van der Waals surface area contributed by atoms with Gasteiger partial charge in [-0.15, -0.1) is 0 Å². The zero-order chi connectivity index (χ0) is 18.1. The Balaban J connectivity index is 1.84. The van der Waals surface area contributed by atoms with Crippen LogP contribution in [0.1, 0.15) is 18.1 Å². The van der Waals surface area contributed by atoms with Crippen molar-refractivity contribution in [2.75, 3.05) is 20.3 Å². The van der Waals surface area contributed by atoms with E-state index in [9.17, 15) is 4.79 Å². The number of methoxy groups -OCH3 is 1. The lowest BCUT2D eigenvalue weighted by molar-refractivity contribution is -0.153. The molecule has 0 aliphatic heterocycles. The molecule has 0 aliphatic rings. The molecule has 0 radical (unpaired) electrons. The van der Waals surface area contributed by atoms with Crippen LogP contribution in [0.4, 0.5) is 0 Å². The molecule has 2 aromatic rings. The highest BCUT2D eigenvalue weighted by Crippen LogP contribution is 2.16. The smallest absolute Gasteiger partial charge is 0.335 e. The summed E-state index contributed by atoms with van der Waals surface area (Å²) < 4.78 is 16.0. The average Bonchev–Trinajstić information content (AvgIpc) is 2.63. The van der Waals surface area contributed by atoms with Crippen molar-refractivity contribution >= 4 is 17.6 Å². The van der Waals surface area contributed by atoms with Crippen molar-refractivity contribution in [3.05, 3.63) is 64.7 Å². The van der Waals surface area contributed by atoms with E-state index >= 15 is 0 Å². The minimum Gasteiger partial charge on any atom is -0.493 e. The van der Waals surface area contributed by atoms with Crippen molar-refractivity contribution in [3.63, 3.8) is 0 Å². The normalized spacial score (nSPS) is 11.8. The van der Waals surface area contributed by atoms with Crippen LogP contribution in [-0.2, 0) is 27.1 Å². The third-order valence-corrected chi connectivity index (χ3v) is 4.00. The van der Waals surface area contributed by atoms with Gasteiger partial charge < -0.3 is 14.2 Å². The van der Waals surface area contributed by atoms with Crippen molar-refractivity contribution < 1.29 is 19.0 Å². The van der Waals surface area contributed by atoms with Crippen molar-refractivity contribution in [2.45, 2.75) is 25.9 Å². The van der Waals surface area contributed by atoms with Gasteiger partial charge in [0.15, 0.2) is 6.10 Å². The largest absolute Gasteiger partial charge is 0.493 e. The minimum absolute atomic E-state index is 0.356. The van der Waals surface area contributed by atoms with E-state index in [0.717, 1.165) is 22.8 Å². The molecule has 0 N–H and O–H groups in total. The number of rotatable bonds is 9. The third kappa shape index (κ3) is 6.40. The Kier molecular flexibility index (Phi) is 7.76. The van der Waals surface area contributed by atoms with Crippen LogP contribution in [0, 0.1) is 0 Å². The highest BCUT2D eigenvalue weighted by atomic mass is 35.5. The summed E-state index contributed by atoms with van der Waals surface area (Å²) in [5.74, 6) is 0.439. The fourth-order valence-corrected chi connectivity index (χ4v) is 2.54. The van der Waals surface area contributed by atoms with Gasteiger partial charge in [0.25, 0.3) is 0 Å². The maximum absolute atomic E-state index is 11.7. The lowest BCUT2D eigenvalue weighted by Crippen LogP contribution is -2.28. The summed E-state index contributed by atoms with van der Waals surface area (Å²) >= 11 is 5.87. The zero-order valence-electron chi connectivity index (χ0n) is 14.5. The topological polar surface area (TPSA) is 44.8 Å². The summed E-state index contributed by atoms with van der Waals surface area (Å²) in [7, 11) is 1.37. The fraction of sp³-hybridized carbons (Fsp3) is 0.350. The van der Waals surface area contributed by atoms with Crippen LogP contribution >= 0.6 is 11.6 Å². The van der Waals surface area contributed by atoms with E-state index in [1.807, 2.05) is 55.5 Å². The second-order valence-electron chi connectivity index (χ2n) is 5.54. The molecule has 0 bridgehead atoms. The SMILES string of the molecule is CCOC(Cc1ccc(OCCc2ccc(Cl)cc2)cc1)C(=O)OC. The van der Waals surface area contributed by atoms with Gasteiger partial charge in [-0.1, -0.05) is 35.9 Å². The van der Waals surface area contributed by atoms with Crippen molar-refractivity contribution in [3.8, 4) is 5.75 Å². The molecular weight excluding hydrogens is 340 g/mol. The van der Waals surface area contributed by atoms with Crippen LogP contribution in [0.2, 0.25) is 5.02 Å². The van der Waals surface area contributed by atoms with Gasteiger partial charge in [-0.05, 0) is 42.3 Å². The predicted molar refractivity (Wildman–Crippen MR) is 98.2 cm³/mol. The Hall–Kier alpha value is -2.04. The predicted octanol–water partition coefficient (Wildman–Crippen LogP) is 4.08. The summed E-state index contributed by atoms with van der Waals surface area (Å²) in [6.07, 6.45) is 0.714. The van der Waals surface area contributed by atoms with Crippen LogP contribution in [-0.4, -0.2) is 32.4 Å². The molecule has 0 amide bonds. The Bertz CT molecular complexity index is 652. The van der Waals surface area contributed by atoms with Crippen LogP contribution < -0.4 is 4.74 Å². The van der Waals surface area contributed by atoms with E-state index in [2.05, 4.69) is 0 Å². The highest BCUT2D eigenvalue weighted by molar-refractivity contribution is 6.30. The molecule has 1 atom stereocenters. The molecule has 0 heterocycles. The maximum atomic E-state index is 11.7. The van der Waals surface area contributed by atoms with Crippen LogP contribution in [0.3, 0.4) is 0 Å². The Labute approximate surface area is 153 Å². The van der Waals surface area contributed by atoms with Crippen molar-refractivity contribution in [1.82, 2.24) is 0 Å². The summed E-state index contributed by atoms with van der Waals surface area (Å²) in [4.78, 5) is 11.7. The molecule has 0 spiro atoms. The highest BCUT2D eigenvalue weighted by Gasteiger charge is 2.19. The first-order valence-corrected chi connectivity index (χ1v) is 8.65. The van der Waals surface area contributed by atoms with Gasteiger partial charge in [-0.3, -0.25) is 0 Å². The number of hydrogen-bond acceptors (Lipinski definition) is 4. The van der Waals surface area contributed by atoms with Crippen LogP contribution in [0.5, 0.6) is 5.75 Å². The molecule has 25 heavy (non-hydrogen) atoms. The lowest BCUT2D eigenvalue weighted by Gasteiger charge is -2.15. The van der Waals surface area contributed by atoms with Gasteiger partial charge in [0.1, 0.15) is 5.75 Å². The second-order valence-corrected chi connectivity index (χ2v) is 5.98. The molecule has 1 unspecified atom stereocenters. The molecule has 0 saturated carbocycles. The molecule has 0 saturated heterocycles. The van der Waals surface area contributed by atoms with E-state index in [0.29, 0.717) is 19.6 Å². The average molecular weight is 363 g/mol. The zero-order valence-corrected chi connectivity index (χ0v) is 15.3. The van der Waals surface area contributed by atoms with Crippen molar-refractivity contribution in [2.24, 2.45) is 0 Å². The minimum atomic E-state index is -0.577. The van der Waals surface area contributed by atoms with Gasteiger partial charge in [-0.25, -0.2) is 4.79 Å². The molecule has 2 rings (SSSR count). The first-order valence-electron chi connectivity index (χ1n) is 8.28. The van der Waals surface area contributed by atoms with E-state index in [1.54, 1.807) is 0 Å². The molecule has 5 heteroatoms. The molecule has 2 aromatic carbocycles. The Morgan fingerprint density at radius 2 is 1.68 bits per heavy atom. The van der Waals surface area contributed by atoms with Gasteiger partial charge >= 0.3 is 5.97 Å². The van der Waals surface area contributed by atoms with E-state index in [4.69, 9.17) is 25.8 Å². The monoisotopic (exact) mass is 362 g/mol. The number of ether oxygens (including phenoxy) is 3. The fourth-order valence-electron chi connectivity index (χ4n) is 2.42. The molecule has 0 aliphatic carbocycles. The van der Waals surface area contributed by atoms with Gasteiger partial charge in [0.2, 0.25) is 0 Å². The van der Waals surface area contributed by atoms with E-state index < -0.39 is 6.10 Å². The van der Waals surface area contributed by atoms with Gasteiger partial charge in [0.05, 0.1) is 13.7 Å². The molecular formula is C20H23ClO4. The van der Waals surface area contributed by atoms with E-state index in [1.165, 1.54) is 12.7 Å². The summed E-state index contributed by atoms with van der Waals surface area (Å²) in [5, 5.41) is 0.734. The summed E-state index contributed by atoms with van der Waals surface area (Å²) in [5.41, 5.74) is 2.17. The van der Waals surface area contributed by atoms with Crippen LogP contribution in [0.15, 0.2) is 48.5 Å². The van der Waals surface area contributed by atoms with Crippen LogP contribution in [0.25, 0.3) is 0 Å². The quantitative estimate of drug-likeness (QED) is 0.630. The number of carbonyl (C=O) groups is 1. The van der Waals surface area contributed by atoms with Crippen molar-refractivity contribution in [1.29, 1.82) is 0 Å². The van der Waals surface area contributed by atoms with Gasteiger partial charge in [-0.2, -0.15) is 0 Å². The Morgan fingerprint density at radius 1 is 1.04 bits per heavy atom. The number of halogens is 1. The molecule has 134 valence electrons. The first-order chi connectivity index (χ1) is 12.1. The first kappa shape index (κ1) is 19.3. The number of benzene rings is 2. The second kappa shape index (κ2) is 10.1. The Morgan fingerprint density at radius 3 is 2.28 bits per heavy atom.